The summed E-state index contributed by atoms with van der Waals surface area (Å²) in [6.45, 7) is 3.19. The van der Waals surface area contributed by atoms with E-state index in [0.717, 1.165) is 0 Å². The molecule has 7 heteroatoms. The van der Waals surface area contributed by atoms with E-state index in [-0.39, 0.29) is 23.6 Å². The summed E-state index contributed by atoms with van der Waals surface area (Å²) in [5.41, 5.74) is 0. The van der Waals surface area contributed by atoms with Gasteiger partial charge in [0, 0.05) is 51.4 Å². The summed E-state index contributed by atoms with van der Waals surface area (Å²) in [7, 11) is 1.58. The van der Waals surface area contributed by atoms with Crippen molar-refractivity contribution in [2.24, 2.45) is 5.92 Å². The topological polar surface area (TPSA) is 69.7 Å². The second-order valence-electron chi connectivity index (χ2n) is 5.70. The summed E-state index contributed by atoms with van der Waals surface area (Å²) in [6.07, 6.45) is 1.15. The van der Waals surface area contributed by atoms with Crippen LogP contribution in [0.5, 0.6) is 0 Å². The zero-order valence-electron chi connectivity index (χ0n) is 13.6. The van der Waals surface area contributed by atoms with E-state index in [4.69, 9.17) is 0 Å². The summed E-state index contributed by atoms with van der Waals surface area (Å²) in [4.78, 5) is 40.7. The molecule has 1 aromatic rings. The monoisotopic (exact) mass is 337 g/mol. The Labute approximate surface area is 140 Å². The largest absolute Gasteiger partial charge is 0.359 e. The minimum atomic E-state index is -0.378. The van der Waals surface area contributed by atoms with Crippen molar-refractivity contribution in [1.82, 2.24) is 15.1 Å². The molecule has 3 amide bonds. The molecule has 0 aliphatic carbocycles. The van der Waals surface area contributed by atoms with Crippen LogP contribution in [-0.2, 0) is 20.8 Å². The zero-order chi connectivity index (χ0) is 16.8. The molecule has 1 saturated heterocycles. The predicted molar refractivity (Wildman–Crippen MR) is 89.0 cm³/mol. The van der Waals surface area contributed by atoms with Crippen molar-refractivity contribution in [3.8, 4) is 0 Å². The molecule has 23 heavy (non-hydrogen) atoms. The molecule has 1 fully saturated rings. The smallest absolute Gasteiger partial charge is 0.226 e. The summed E-state index contributed by atoms with van der Waals surface area (Å²) >= 11 is 1.64. The van der Waals surface area contributed by atoms with Crippen LogP contribution in [0.15, 0.2) is 17.5 Å². The van der Waals surface area contributed by atoms with Crippen LogP contribution >= 0.6 is 11.3 Å². The zero-order valence-corrected chi connectivity index (χ0v) is 14.4. The molecule has 0 saturated carbocycles. The van der Waals surface area contributed by atoms with Crippen molar-refractivity contribution in [1.29, 1.82) is 0 Å². The molecule has 0 unspecified atom stereocenters. The Hall–Kier alpha value is -1.89. The normalized spacial score (nSPS) is 18.4. The van der Waals surface area contributed by atoms with Crippen LogP contribution in [0.4, 0.5) is 0 Å². The number of nitrogens with zero attached hydrogens (tertiary/aromatic N) is 2. The maximum Gasteiger partial charge on any atom is 0.226 e. The van der Waals surface area contributed by atoms with Crippen molar-refractivity contribution >= 4 is 29.1 Å². The molecule has 126 valence electrons. The van der Waals surface area contributed by atoms with E-state index in [1.54, 1.807) is 28.2 Å². The highest BCUT2D eigenvalue weighted by atomic mass is 32.1. The summed E-state index contributed by atoms with van der Waals surface area (Å²) in [5, 5.41) is 4.62. The molecule has 0 bridgehead atoms. The molecule has 6 nitrogen and oxygen atoms in total. The lowest BCUT2D eigenvalue weighted by Crippen LogP contribution is -2.42. The van der Waals surface area contributed by atoms with Crippen LogP contribution in [0.3, 0.4) is 0 Å². The van der Waals surface area contributed by atoms with Gasteiger partial charge in [-0.15, -0.1) is 11.3 Å². The number of aryl methyl sites for hydroxylation is 1. The van der Waals surface area contributed by atoms with Crippen LogP contribution in [0.2, 0.25) is 0 Å². The van der Waals surface area contributed by atoms with Gasteiger partial charge in [-0.2, -0.15) is 0 Å². The van der Waals surface area contributed by atoms with E-state index >= 15 is 0 Å². The second-order valence-corrected chi connectivity index (χ2v) is 6.73. The van der Waals surface area contributed by atoms with E-state index in [0.29, 0.717) is 39.0 Å². The predicted octanol–water partition coefficient (Wildman–Crippen LogP) is 0.734. The molecule has 1 atom stereocenters. The minimum Gasteiger partial charge on any atom is -0.359 e. The number of carbonyl (C=O) groups excluding carboxylic acids is 3. The lowest BCUT2D eigenvalue weighted by Gasteiger charge is -2.23. The van der Waals surface area contributed by atoms with Crippen molar-refractivity contribution < 1.29 is 14.4 Å². The molecule has 2 heterocycles. The Balaban J connectivity index is 2.00. The molecule has 1 aliphatic rings. The summed E-state index contributed by atoms with van der Waals surface area (Å²) in [5.74, 6) is -0.532. The number of rotatable bonds is 4. The highest BCUT2D eigenvalue weighted by Gasteiger charge is 2.30. The van der Waals surface area contributed by atoms with Gasteiger partial charge in [-0.25, -0.2) is 0 Å². The molecular weight excluding hydrogens is 314 g/mol. The van der Waals surface area contributed by atoms with Crippen LogP contribution in [0, 0.1) is 5.92 Å². The van der Waals surface area contributed by atoms with Gasteiger partial charge in [-0.3, -0.25) is 14.4 Å². The molecule has 1 aliphatic heterocycles. The fourth-order valence-electron chi connectivity index (χ4n) is 2.74. The fourth-order valence-corrected chi connectivity index (χ4v) is 3.45. The Morgan fingerprint density at radius 2 is 1.96 bits per heavy atom. The van der Waals surface area contributed by atoms with Gasteiger partial charge in [0.1, 0.15) is 0 Å². The van der Waals surface area contributed by atoms with Crippen LogP contribution < -0.4 is 5.32 Å². The van der Waals surface area contributed by atoms with Crippen molar-refractivity contribution in [3.63, 3.8) is 0 Å². The van der Waals surface area contributed by atoms with Gasteiger partial charge in [0.15, 0.2) is 0 Å². The Bertz CT molecular complexity index is 559. The molecule has 1 aromatic heterocycles. The van der Waals surface area contributed by atoms with Crippen LogP contribution in [-0.4, -0.2) is 60.7 Å². The lowest BCUT2D eigenvalue weighted by molar-refractivity contribution is -0.133. The first-order valence-corrected chi connectivity index (χ1v) is 8.66. The standard InChI is InChI=1S/C16H23N3O3S/c1-12(20)18-7-8-19(11-13(10-18)16(22)17-2)15(21)6-5-14-4-3-9-23-14/h3-4,9,13H,5-8,10-11H2,1-2H3,(H,17,22)/t13-/m0/s1. The maximum absolute atomic E-state index is 12.5. The third-order valence-corrected chi connectivity index (χ3v) is 5.04. The van der Waals surface area contributed by atoms with E-state index in [1.807, 2.05) is 17.5 Å². The maximum atomic E-state index is 12.5. The van der Waals surface area contributed by atoms with Gasteiger partial charge < -0.3 is 15.1 Å². The number of thiophene rings is 1. The SMILES string of the molecule is CNC(=O)[C@H]1CN(C(C)=O)CCN(C(=O)CCc2cccs2)C1. The van der Waals surface area contributed by atoms with E-state index < -0.39 is 0 Å². The van der Waals surface area contributed by atoms with E-state index in [9.17, 15) is 14.4 Å². The van der Waals surface area contributed by atoms with E-state index in [1.165, 1.54) is 11.8 Å². The Kier molecular flexibility index (Phi) is 6.15. The first-order chi connectivity index (χ1) is 11.0. The van der Waals surface area contributed by atoms with Gasteiger partial charge in [0.2, 0.25) is 17.7 Å². The van der Waals surface area contributed by atoms with Crippen LogP contribution in [0.1, 0.15) is 18.2 Å². The number of carbonyl (C=O) groups is 3. The van der Waals surface area contributed by atoms with Crippen molar-refractivity contribution in [2.45, 2.75) is 19.8 Å². The summed E-state index contributed by atoms with van der Waals surface area (Å²) < 4.78 is 0. The molecule has 0 aromatic carbocycles. The average Bonchev–Trinajstić information content (AvgIpc) is 2.95. The quantitative estimate of drug-likeness (QED) is 0.881. The third-order valence-electron chi connectivity index (χ3n) is 4.10. The average molecular weight is 337 g/mol. The van der Waals surface area contributed by atoms with Gasteiger partial charge in [0.05, 0.1) is 5.92 Å². The molecule has 0 spiro atoms. The van der Waals surface area contributed by atoms with E-state index in [2.05, 4.69) is 5.32 Å². The molecule has 1 N–H and O–H groups in total. The Morgan fingerprint density at radius 3 is 2.57 bits per heavy atom. The Morgan fingerprint density at radius 1 is 1.26 bits per heavy atom. The second kappa shape index (κ2) is 8.10. The molecular formula is C16H23N3O3S. The number of hydrogen-bond donors (Lipinski definition) is 1. The minimum absolute atomic E-state index is 0.0395. The molecule has 0 radical (unpaired) electrons. The highest BCUT2D eigenvalue weighted by molar-refractivity contribution is 7.09. The van der Waals surface area contributed by atoms with Gasteiger partial charge in [-0.05, 0) is 17.9 Å². The van der Waals surface area contributed by atoms with Crippen molar-refractivity contribution in [2.75, 3.05) is 33.2 Å². The van der Waals surface area contributed by atoms with Gasteiger partial charge >= 0.3 is 0 Å². The van der Waals surface area contributed by atoms with Crippen LogP contribution in [0.25, 0.3) is 0 Å². The highest BCUT2D eigenvalue weighted by Crippen LogP contribution is 2.15. The summed E-state index contributed by atoms with van der Waals surface area (Å²) in [6, 6.07) is 3.99. The third kappa shape index (κ3) is 4.79. The number of hydrogen-bond acceptors (Lipinski definition) is 4. The fraction of sp³-hybridized carbons (Fsp3) is 0.562. The first kappa shape index (κ1) is 17.5. The number of nitrogens with one attached hydrogen (secondary N) is 1. The van der Waals surface area contributed by atoms with Gasteiger partial charge in [0.25, 0.3) is 0 Å². The first-order valence-electron chi connectivity index (χ1n) is 7.78. The lowest BCUT2D eigenvalue weighted by atomic mass is 10.1. The van der Waals surface area contributed by atoms with Gasteiger partial charge in [-0.1, -0.05) is 6.07 Å². The number of amides is 3. The molecule has 2 rings (SSSR count). The van der Waals surface area contributed by atoms with Crippen molar-refractivity contribution in [3.05, 3.63) is 22.4 Å².